The molecule has 1 aromatic heterocycles. The number of nitrogens with zero attached hydrogens (tertiary/aromatic N) is 1. The lowest BCUT2D eigenvalue weighted by atomic mass is 10.1. The molecule has 1 N–H and O–H groups in total. The van der Waals surface area contributed by atoms with Crippen molar-refractivity contribution in [3.8, 4) is 17.0 Å². The molecule has 0 aliphatic carbocycles. The number of rotatable bonds is 3. The van der Waals surface area contributed by atoms with Crippen molar-refractivity contribution < 1.29 is 4.74 Å². The van der Waals surface area contributed by atoms with Crippen LogP contribution < -0.4 is 4.74 Å². The van der Waals surface area contributed by atoms with Gasteiger partial charge in [0.25, 0.3) is 0 Å². The lowest BCUT2D eigenvalue weighted by molar-refractivity contribution is 0.415. The summed E-state index contributed by atoms with van der Waals surface area (Å²) in [7, 11) is 1.60. The van der Waals surface area contributed by atoms with Crippen LogP contribution in [-0.2, 0) is 6.42 Å². The summed E-state index contributed by atoms with van der Waals surface area (Å²) in [4.78, 5) is 7.24. The van der Waals surface area contributed by atoms with Crippen LogP contribution in [0.25, 0.3) is 11.3 Å². The van der Waals surface area contributed by atoms with Gasteiger partial charge in [0, 0.05) is 11.1 Å². The minimum absolute atomic E-state index is 0.590. The second-order valence-corrected chi connectivity index (χ2v) is 4.56. The molecule has 2 aromatic rings. The van der Waals surface area contributed by atoms with E-state index < -0.39 is 0 Å². The van der Waals surface area contributed by atoms with Crippen LogP contribution in [0.2, 0.25) is 5.02 Å². The van der Waals surface area contributed by atoms with Gasteiger partial charge in [-0.3, -0.25) is 0 Å². The van der Waals surface area contributed by atoms with E-state index >= 15 is 0 Å². The fraction of sp³-hybridized carbons (Fsp3) is 0.231. The van der Waals surface area contributed by atoms with Crippen LogP contribution >= 0.6 is 23.8 Å². The largest absolute Gasteiger partial charge is 0.495 e. The number of halogens is 1. The Hall–Kier alpha value is -1.39. The molecule has 0 saturated carbocycles. The summed E-state index contributed by atoms with van der Waals surface area (Å²) in [5, 5.41) is 0.590. The maximum absolute atomic E-state index is 6.02. The molecule has 5 heteroatoms. The van der Waals surface area contributed by atoms with Crippen molar-refractivity contribution in [1.82, 2.24) is 9.97 Å². The summed E-state index contributed by atoms with van der Waals surface area (Å²) in [5.41, 5.74) is 2.98. The molecular weight excluding hydrogens is 268 g/mol. The number of H-pyrrole nitrogens is 1. The summed E-state index contributed by atoms with van der Waals surface area (Å²) >= 11 is 11.3. The van der Waals surface area contributed by atoms with Gasteiger partial charge < -0.3 is 9.72 Å². The molecule has 0 aliphatic rings. The van der Waals surface area contributed by atoms with E-state index in [9.17, 15) is 0 Å². The lowest BCUT2D eigenvalue weighted by Crippen LogP contribution is -1.96. The van der Waals surface area contributed by atoms with Gasteiger partial charge >= 0.3 is 0 Å². The van der Waals surface area contributed by atoms with Gasteiger partial charge in [-0.1, -0.05) is 36.8 Å². The van der Waals surface area contributed by atoms with Crippen LogP contribution in [0.15, 0.2) is 24.5 Å². The molecule has 0 aliphatic heterocycles. The van der Waals surface area contributed by atoms with E-state index in [1.807, 2.05) is 18.2 Å². The Labute approximate surface area is 116 Å². The topological polar surface area (TPSA) is 37.9 Å². The SMILES string of the molecule is CCc1c(-c2ccc(Cl)c(OC)c2)[nH]cnc1=S. The number of ether oxygens (including phenoxy) is 1. The van der Waals surface area contributed by atoms with Crippen LogP contribution in [0.3, 0.4) is 0 Å². The van der Waals surface area contributed by atoms with Crippen LogP contribution in [-0.4, -0.2) is 17.1 Å². The van der Waals surface area contributed by atoms with Gasteiger partial charge in [-0.15, -0.1) is 0 Å². The van der Waals surface area contributed by atoms with E-state index in [1.165, 1.54) is 0 Å². The summed E-state index contributed by atoms with van der Waals surface area (Å²) in [6.45, 7) is 2.05. The van der Waals surface area contributed by atoms with E-state index in [4.69, 9.17) is 28.6 Å². The predicted octanol–water partition coefficient (Wildman–Crippen LogP) is 4.03. The van der Waals surface area contributed by atoms with Gasteiger partial charge in [0.1, 0.15) is 10.4 Å². The molecule has 94 valence electrons. The van der Waals surface area contributed by atoms with Crippen molar-refractivity contribution >= 4 is 23.8 Å². The highest BCUT2D eigenvalue weighted by Gasteiger charge is 2.09. The summed E-state index contributed by atoms with van der Waals surface area (Å²) < 4.78 is 5.85. The van der Waals surface area contributed by atoms with Crippen molar-refractivity contribution in [1.29, 1.82) is 0 Å². The van der Waals surface area contributed by atoms with Gasteiger partial charge in [0.05, 0.1) is 24.2 Å². The quantitative estimate of drug-likeness (QED) is 0.863. The maximum atomic E-state index is 6.02. The minimum atomic E-state index is 0.590. The molecule has 0 bridgehead atoms. The van der Waals surface area contributed by atoms with Gasteiger partial charge in [0.2, 0.25) is 0 Å². The Balaban J connectivity index is 2.62. The van der Waals surface area contributed by atoms with E-state index in [-0.39, 0.29) is 0 Å². The number of benzene rings is 1. The third-order valence-electron chi connectivity index (χ3n) is 2.74. The third-order valence-corrected chi connectivity index (χ3v) is 3.41. The predicted molar refractivity (Wildman–Crippen MR) is 75.8 cm³/mol. The van der Waals surface area contributed by atoms with Crippen LogP contribution in [0.5, 0.6) is 5.75 Å². The fourth-order valence-corrected chi connectivity index (χ4v) is 2.32. The lowest BCUT2D eigenvalue weighted by Gasteiger charge is -2.10. The minimum Gasteiger partial charge on any atom is -0.495 e. The number of nitrogens with one attached hydrogen (secondary N) is 1. The second-order valence-electron chi connectivity index (χ2n) is 3.76. The van der Waals surface area contributed by atoms with Crippen molar-refractivity contribution in [2.75, 3.05) is 7.11 Å². The van der Waals surface area contributed by atoms with E-state index in [1.54, 1.807) is 13.4 Å². The Bertz CT molecular complexity index is 625. The maximum Gasteiger partial charge on any atom is 0.138 e. The Morgan fingerprint density at radius 1 is 1.44 bits per heavy atom. The first-order valence-corrected chi connectivity index (χ1v) is 6.36. The van der Waals surface area contributed by atoms with Crippen molar-refractivity contribution in [3.63, 3.8) is 0 Å². The van der Waals surface area contributed by atoms with E-state index in [0.717, 1.165) is 23.2 Å². The zero-order chi connectivity index (χ0) is 13.1. The highest BCUT2D eigenvalue weighted by molar-refractivity contribution is 7.71. The molecule has 0 atom stereocenters. The zero-order valence-electron chi connectivity index (χ0n) is 10.2. The molecule has 1 aromatic carbocycles. The molecule has 0 amide bonds. The first-order chi connectivity index (χ1) is 8.67. The van der Waals surface area contributed by atoms with Crippen LogP contribution in [0.1, 0.15) is 12.5 Å². The molecular formula is C13H13ClN2OS. The molecule has 0 saturated heterocycles. The number of aromatic amines is 1. The average molecular weight is 281 g/mol. The molecule has 2 rings (SSSR count). The standard InChI is InChI=1S/C13H13ClN2OS/c1-3-9-12(15-7-16-13(9)18)8-4-5-10(14)11(6-8)17-2/h4-7H,3H2,1-2H3,(H,15,16,18). The third kappa shape index (κ3) is 2.40. The van der Waals surface area contributed by atoms with Gasteiger partial charge in [0.15, 0.2) is 0 Å². The first-order valence-electron chi connectivity index (χ1n) is 5.57. The van der Waals surface area contributed by atoms with Crippen molar-refractivity contribution in [2.24, 2.45) is 0 Å². The van der Waals surface area contributed by atoms with Gasteiger partial charge in [-0.05, 0) is 18.6 Å². The summed E-state index contributed by atoms with van der Waals surface area (Å²) in [6, 6.07) is 5.64. The van der Waals surface area contributed by atoms with Crippen LogP contribution in [0.4, 0.5) is 0 Å². The molecule has 0 spiro atoms. The zero-order valence-corrected chi connectivity index (χ0v) is 11.7. The molecule has 3 nitrogen and oxygen atoms in total. The Morgan fingerprint density at radius 2 is 2.22 bits per heavy atom. The van der Waals surface area contributed by atoms with Gasteiger partial charge in [-0.25, -0.2) is 4.98 Å². The number of aromatic nitrogens is 2. The van der Waals surface area contributed by atoms with E-state index in [0.29, 0.717) is 15.4 Å². The van der Waals surface area contributed by atoms with Crippen molar-refractivity contribution in [3.05, 3.63) is 39.8 Å². The molecule has 18 heavy (non-hydrogen) atoms. The van der Waals surface area contributed by atoms with Crippen molar-refractivity contribution in [2.45, 2.75) is 13.3 Å². The first kappa shape index (κ1) is 13.1. The highest BCUT2D eigenvalue weighted by Crippen LogP contribution is 2.31. The Morgan fingerprint density at radius 3 is 2.89 bits per heavy atom. The van der Waals surface area contributed by atoms with E-state index in [2.05, 4.69) is 16.9 Å². The summed E-state index contributed by atoms with van der Waals surface area (Å²) in [6.07, 6.45) is 2.43. The normalized spacial score (nSPS) is 10.4. The smallest absolute Gasteiger partial charge is 0.138 e. The fourth-order valence-electron chi connectivity index (χ4n) is 1.83. The van der Waals surface area contributed by atoms with Gasteiger partial charge in [-0.2, -0.15) is 0 Å². The second kappa shape index (κ2) is 5.50. The molecule has 0 radical (unpaired) electrons. The monoisotopic (exact) mass is 280 g/mol. The number of hydrogen-bond acceptors (Lipinski definition) is 3. The Kier molecular flexibility index (Phi) is 3.99. The number of methoxy groups -OCH3 is 1. The number of hydrogen-bond donors (Lipinski definition) is 1. The molecule has 1 heterocycles. The molecule has 0 fully saturated rings. The average Bonchev–Trinajstić information content (AvgIpc) is 2.39. The highest BCUT2D eigenvalue weighted by atomic mass is 35.5. The molecule has 0 unspecified atom stereocenters. The van der Waals surface area contributed by atoms with Crippen LogP contribution in [0, 0.1) is 4.64 Å². The summed E-state index contributed by atoms with van der Waals surface area (Å²) in [5.74, 6) is 0.646.